The number of benzene rings is 2. The molecule has 0 aliphatic rings. The van der Waals surface area contributed by atoms with E-state index in [0.29, 0.717) is 12.6 Å². The van der Waals surface area contributed by atoms with Gasteiger partial charge in [-0.3, -0.25) is 4.40 Å². The lowest BCUT2D eigenvalue weighted by Crippen LogP contribution is -2.22. The number of hydrogen-bond donors (Lipinski definition) is 1. The van der Waals surface area contributed by atoms with E-state index in [1.54, 1.807) is 20.4 Å². The fraction of sp³-hybridized carbons (Fsp3) is 0.250. The van der Waals surface area contributed by atoms with Crippen molar-refractivity contribution in [1.29, 1.82) is 0 Å². The maximum Gasteiger partial charge on any atom is 0.213 e. The van der Waals surface area contributed by atoms with E-state index in [0.717, 1.165) is 40.6 Å². The van der Waals surface area contributed by atoms with Crippen molar-refractivity contribution < 1.29 is 9.47 Å². The Balaban J connectivity index is 1.71. The van der Waals surface area contributed by atoms with Crippen LogP contribution in [0.5, 0.6) is 5.75 Å². The standard InChI is InChI=1S/C24H27N5O2/c1-17-5-8-19(9-6-17)26-24-27-20(16-23-25-11-12-29(23)24)18-7-10-21(22(15-18)31-4)28(2)13-14-30-3/h5-12,15-16H,13-14H2,1-4H3,(H,26,27). The molecule has 2 aromatic heterocycles. The zero-order valence-corrected chi connectivity index (χ0v) is 18.3. The lowest BCUT2D eigenvalue weighted by Gasteiger charge is -2.22. The van der Waals surface area contributed by atoms with Crippen LogP contribution >= 0.6 is 0 Å². The fourth-order valence-electron chi connectivity index (χ4n) is 3.43. The molecule has 0 amide bonds. The molecule has 0 bridgehead atoms. The Bertz CT molecular complexity index is 1170. The molecule has 1 N–H and O–H groups in total. The zero-order chi connectivity index (χ0) is 21.8. The summed E-state index contributed by atoms with van der Waals surface area (Å²) in [6, 6.07) is 16.3. The Labute approximate surface area is 182 Å². The Morgan fingerprint density at radius 1 is 1.06 bits per heavy atom. The summed E-state index contributed by atoms with van der Waals surface area (Å²) in [7, 11) is 5.41. The highest BCUT2D eigenvalue weighted by Gasteiger charge is 2.13. The smallest absolute Gasteiger partial charge is 0.213 e. The van der Waals surface area contributed by atoms with Crippen molar-refractivity contribution in [1.82, 2.24) is 14.4 Å². The first kappa shape index (κ1) is 20.7. The fourth-order valence-corrected chi connectivity index (χ4v) is 3.43. The summed E-state index contributed by atoms with van der Waals surface area (Å²) in [5, 5.41) is 3.41. The predicted octanol–water partition coefficient (Wildman–Crippen LogP) is 4.54. The second-order valence-electron chi connectivity index (χ2n) is 7.41. The molecule has 0 fully saturated rings. The average molecular weight is 418 g/mol. The highest BCUT2D eigenvalue weighted by molar-refractivity contribution is 5.73. The van der Waals surface area contributed by atoms with E-state index in [-0.39, 0.29) is 0 Å². The van der Waals surface area contributed by atoms with E-state index in [4.69, 9.17) is 14.5 Å². The van der Waals surface area contributed by atoms with Crippen LogP contribution in [0.4, 0.5) is 17.3 Å². The number of methoxy groups -OCH3 is 2. The number of aromatic nitrogens is 3. The van der Waals surface area contributed by atoms with Gasteiger partial charge in [0.15, 0.2) is 0 Å². The molecule has 160 valence electrons. The van der Waals surface area contributed by atoms with Gasteiger partial charge in [0.05, 0.1) is 25.1 Å². The summed E-state index contributed by atoms with van der Waals surface area (Å²) in [6.07, 6.45) is 3.67. The van der Waals surface area contributed by atoms with Crippen LogP contribution in [0.1, 0.15) is 5.56 Å². The molecular formula is C24H27N5O2. The van der Waals surface area contributed by atoms with E-state index >= 15 is 0 Å². The van der Waals surface area contributed by atoms with Crippen molar-refractivity contribution in [2.45, 2.75) is 6.92 Å². The first-order valence-corrected chi connectivity index (χ1v) is 10.2. The third-order valence-corrected chi connectivity index (χ3v) is 5.21. The van der Waals surface area contributed by atoms with Gasteiger partial charge < -0.3 is 19.7 Å². The van der Waals surface area contributed by atoms with Crippen molar-refractivity contribution in [3.63, 3.8) is 0 Å². The minimum Gasteiger partial charge on any atom is -0.495 e. The molecule has 0 spiro atoms. The molecule has 0 atom stereocenters. The van der Waals surface area contributed by atoms with E-state index in [2.05, 4.69) is 40.3 Å². The molecule has 0 saturated carbocycles. The highest BCUT2D eigenvalue weighted by atomic mass is 16.5. The van der Waals surface area contributed by atoms with E-state index in [1.165, 1.54) is 5.56 Å². The number of hydrogen-bond acceptors (Lipinski definition) is 6. The predicted molar refractivity (Wildman–Crippen MR) is 125 cm³/mol. The molecule has 2 heterocycles. The third kappa shape index (κ3) is 4.46. The van der Waals surface area contributed by atoms with Crippen LogP contribution in [-0.4, -0.2) is 48.8 Å². The molecule has 0 unspecified atom stereocenters. The lowest BCUT2D eigenvalue weighted by atomic mass is 10.1. The van der Waals surface area contributed by atoms with Crippen LogP contribution in [0, 0.1) is 6.92 Å². The number of aryl methyl sites for hydroxylation is 1. The molecule has 2 aromatic carbocycles. The summed E-state index contributed by atoms with van der Waals surface area (Å²) in [5.41, 5.74) is 5.78. The van der Waals surface area contributed by atoms with Crippen molar-refractivity contribution in [2.75, 3.05) is 44.6 Å². The monoisotopic (exact) mass is 417 g/mol. The van der Waals surface area contributed by atoms with Gasteiger partial charge in [0.1, 0.15) is 11.4 Å². The minimum absolute atomic E-state index is 0.646. The maximum absolute atomic E-state index is 5.67. The zero-order valence-electron chi connectivity index (χ0n) is 18.3. The van der Waals surface area contributed by atoms with Gasteiger partial charge in [0.25, 0.3) is 0 Å². The van der Waals surface area contributed by atoms with E-state index in [1.807, 2.05) is 48.0 Å². The van der Waals surface area contributed by atoms with Crippen LogP contribution in [0.2, 0.25) is 0 Å². The Kier molecular flexibility index (Phi) is 6.04. The van der Waals surface area contributed by atoms with Crippen molar-refractivity contribution in [3.05, 3.63) is 66.5 Å². The topological polar surface area (TPSA) is 63.9 Å². The summed E-state index contributed by atoms with van der Waals surface area (Å²) in [5.74, 6) is 1.49. The Morgan fingerprint density at radius 3 is 2.61 bits per heavy atom. The Hall–Kier alpha value is -3.58. The molecule has 7 heteroatoms. The highest BCUT2D eigenvalue weighted by Crippen LogP contribution is 2.33. The van der Waals surface area contributed by atoms with Crippen LogP contribution in [0.25, 0.3) is 16.9 Å². The van der Waals surface area contributed by atoms with Crippen LogP contribution in [0.15, 0.2) is 60.9 Å². The molecule has 4 rings (SSSR count). The molecule has 4 aromatic rings. The summed E-state index contributed by atoms with van der Waals surface area (Å²) < 4.78 is 12.8. The quantitative estimate of drug-likeness (QED) is 0.454. The Morgan fingerprint density at radius 2 is 1.87 bits per heavy atom. The van der Waals surface area contributed by atoms with Gasteiger partial charge >= 0.3 is 0 Å². The van der Waals surface area contributed by atoms with Crippen molar-refractivity contribution >= 4 is 23.0 Å². The third-order valence-electron chi connectivity index (χ3n) is 5.21. The largest absolute Gasteiger partial charge is 0.495 e. The normalized spacial score (nSPS) is 11.0. The molecule has 0 aliphatic carbocycles. The molecular weight excluding hydrogens is 390 g/mol. The molecule has 7 nitrogen and oxygen atoms in total. The summed E-state index contributed by atoms with van der Waals surface area (Å²) >= 11 is 0. The van der Waals surface area contributed by atoms with Gasteiger partial charge in [-0.05, 0) is 31.2 Å². The van der Waals surface area contributed by atoms with Gasteiger partial charge in [-0.15, -0.1) is 0 Å². The number of likely N-dealkylation sites (N-methyl/N-ethyl adjacent to an activating group) is 1. The number of nitrogens with one attached hydrogen (secondary N) is 1. The number of anilines is 3. The average Bonchev–Trinajstić information content (AvgIpc) is 3.27. The van der Waals surface area contributed by atoms with Crippen LogP contribution in [0.3, 0.4) is 0 Å². The number of nitrogens with zero attached hydrogens (tertiary/aromatic N) is 4. The second kappa shape index (κ2) is 9.06. The minimum atomic E-state index is 0.646. The summed E-state index contributed by atoms with van der Waals surface area (Å²) in [6.45, 7) is 3.49. The van der Waals surface area contributed by atoms with Gasteiger partial charge in [-0.2, -0.15) is 0 Å². The van der Waals surface area contributed by atoms with Gasteiger partial charge in [-0.1, -0.05) is 23.8 Å². The van der Waals surface area contributed by atoms with E-state index in [9.17, 15) is 0 Å². The van der Waals surface area contributed by atoms with E-state index < -0.39 is 0 Å². The van der Waals surface area contributed by atoms with Crippen LogP contribution < -0.4 is 15.0 Å². The number of ether oxygens (including phenoxy) is 2. The first-order valence-electron chi connectivity index (χ1n) is 10.2. The lowest BCUT2D eigenvalue weighted by molar-refractivity contribution is 0.206. The molecule has 0 radical (unpaired) electrons. The summed E-state index contributed by atoms with van der Waals surface area (Å²) in [4.78, 5) is 11.5. The maximum atomic E-state index is 5.67. The van der Waals surface area contributed by atoms with Crippen molar-refractivity contribution in [2.24, 2.45) is 0 Å². The van der Waals surface area contributed by atoms with Gasteiger partial charge in [0, 0.05) is 50.4 Å². The molecule has 31 heavy (non-hydrogen) atoms. The van der Waals surface area contributed by atoms with Gasteiger partial charge in [0.2, 0.25) is 5.95 Å². The SMILES string of the molecule is COCCN(C)c1ccc(-c2cc3nccn3c(Nc3ccc(C)cc3)n2)cc1OC. The molecule has 0 aliphatic heterocycles. The number of rotatable bonds is 8. The van der Waals surface area contributed by atoms with Crippen LogP contribution in [-0.2, 0) is 4.74 Å². The molecule has 0 saturated heterocycles. The number of imidazole rings is 1. The number of fused-ring (bicyclic) bond motifs is 1. The van der Waals surface area contributed by atoms with Crippen molar-refractivity contribution in [3.8, 4) is 17.0 Å². The second-order valence-corrected chi connectivity index (χ2v) is 7.41. The van der Waals surface area contributed by atoms with Gasteiger partial charge in [-0.25, -0.2) is 9.97 Å². The first-order chi connectivity index (χ1) is 15.1.